The molecule has 0 saturated carbocycles. The summed E-state index contributed by atoms with van der Waals surface area (Å²) in [4.78, 5) is 12.0. The van der Waals surface area contributed by atoms with E-state index in [1.165, 1.54) is 0 Å². The summed E-state index contributed by atoms with van der Waals surface area (Å²) in [6.45, 7) is 0.379. The first-order valence-corrected chi connectivity index (χ1v) is 7.23. The van der Waals surface area contributed by atoms with Gasteiger partial charge in [0.05, 0.1) is 3.79 Å². The van der Waals surface area contributed by atoms with Gasteiger partial charge in [-0.15, -0.1) is 11.3 Å². The van der Waals surface area contributed by atoms with Gasteiger partial charge in [-0.1, -0.05) is 0 Å². The van der Waals surface area contributed by atoms with Crippen LogP contribution in [0.4, 0.5) is 0 Å². The highest BCUT2D eigenvalue weighted by molar-refractivity contribution is 9.11. The molecule has 1 aromatic carbocycles. The molecule has 100 valence electrons. The molecule has 1 unspecified atom stereocenters. The first-order chi connectivity index (χ1) is 9.10. The van der Waals surface area contributed by atoms with E-state index in [0.717, 1.165) is 8.66 Å². The summed E-state index contributed by atoms with van der Waals surface area (Å²) >= 11 is 5.00. The van der Waals surface area contributed by atoms with E-state index >= 15 is 0 Å². The molecular formula is C13H13BrN2O2S. The summed E-state index contributed by atoms with van der Waals surface area (Å²) in [7, 11) is 0. The van der Waals surface area contributed by atoms with Gasteiger partial charge in [-0.2, -0.15) is 0 Å². The quantitative estimate of drug-likeness (QED) is 0.878. The molecule has 0 radical (unpaired) electrons. The van der Waals surface area contributed by atoms with Crippen molar-refractivity contribution in [1.29, 1.82) is 0 Å². The number of carbonyl (C=O) groups is 1. The van der Waals surface area contributed by atoms with Crippen molar-refractivity contribution in [3.63, 3.8) is 0 Å². The Balaban J connectivity index is 2.12. The maximum Gasteiger partial charge on any atom is 0.248 e. The summed E-state index contributed by atoms with van der Waals surface area (Å²) in [5.41, 5.74) is 11.4. The molecule has 1 atom stereocenters. The number of carbonyl (C=O) groups excluding carboxylic acids is 1. The van der Waals surface area contributed by atoms with Crippen LogP contribution in [-0.4, -0.2) is 12.5 Å². The van der Waals surface area contributed by atoms with Crippen molar-refractivity contribution in [1.82, 2.24) is 0 Å². The Labute approximate surface area is 123 Å². The van der Waals surface area contributed by atoms with E-state index in [1.807, 2.05) is 12.1 Å². The number of ether oxygens (including phenoxy) is 1. The lowest BCUT2D eigenvalue weighted by Crippen LogP contribution is -2.17. The molecule has 0 spiro atoms. The Morgan fingerprint density at radius 3 is 2.42 bits per heavy atom. The van der Waals surface area contributed by atoms with Crippen LogP contribution < -0.4 is 16.2 Å². The fourth-order valence-corrected chi connectivity index (χ4v) is 3.05. The van der Waals surface area contributed by atoms with Crippen LogP contribution in [0, 0.1) is 0 Å². The lowest BCUT2D eigenvalue weighted by atomic mass is 10.2. The standard InChI is InChI=1S/C13H13BrN2O2S/c14-12-6-5-11(19-12)10(7-15)18-9-3-1-8(2-4-9)13(16)17/h1-6,10H,7,15H2,(H2,16,17). The van der Waals surface area contributed by atoms with Gasteiger partial charge < -0.3 is 16.2 Å². The van der Waals surface area contributed by atoms with Crippen molar-refractivity contribution in [2.45, 2.75) is 6.10 Å². The number of benzene rings is 1. The van der Waals surface area contributed by atoms with Gasteiger partial charge in [-0.05, 0) is 52.3 Å². The van der Waals surface area contributed by atoms with Gasteiger partial charge in [0.15, 0.2) is 0 Å². The minimum absolute atomic E-state index is 0.198. The summed E-state index contributed by atoms with van der Waals surface area (Å²) in [5, 5.41) is 0. The first-order valence-electron chi connectivity index (χ1n) is 5.62. The monoisotopic (exact) mass is 340 g/mol. The van der Waals surface area contributed by atoms with Crippen LogP contribution in [0.1, 0.15) is 21.3 Å². The van der Waals surface area contributed by atoms with Crippen molar-refractivity contribution >= 4 is 33.2 Å². The smallest absolute Gasteiger partial charge is 0.248 e. The van der Waals surface area contributed by atoms with Crippen LogP contribution in [0.2, 0.25) is 0 Å². The highest BCUT2D eigenvalue weighted by Crippen LogP contribution is 2.30. The SMILES string of the molecule is NCC(Oc1ccc(C(N)=O)cc1)c1ccc(Br)s1. The van der Waals surface area contributed by atoms with E-state index in [1.54, 1.807) is 35.6 Å². The van der Waals surface area contributed by atoms with E-state index in [0.29, 0.717) is 17.9 Å². The van der Waals surface area contributed by atoms with Crippen LogP contribution in [0.3, 0.4) is 0 Å². The average Bonchev–Trinajstić information content (AvgIpc) is 2.83. The molecule has 2 rings (SSSR count). The van der Waals surface area contributed by atoms with Crippen LogP contribution in [-0.2, 0) is 0 Å². The summed E-state index contributed by atoms with van der Waals surface area (Å²) in [5.74, 6) is 0.203. The first kappa shape index (κ1) is 14.0. The molecule has 4 N–H and O–H groups in total. The molecule has 1 heterocycles. The largest absolute Gasteiger partial charge is 0.484 e. The van der Waals surface area contributed by atoms with E-state index < -0.39 is 5.91 Å². The van der Waals surface area contributed by atoms with Crippen LogP contribution in [0.25, 0.3) is 0 Å². The molecule has 19 heavy (non-hydrogen) atoms. The predicted octanol–water partition coefficient (Wildman–Crippen LogP) is 2.69. The minimum atomic E-state index is -0.455. The molecule has 0 aliphatic carbocycles. The Hall–Kier alpha value is -1.37. The summed E-state index contributed by atoms with van der Waals surface area (Å²) in [6, 6.07) is 10.6. The fourth-order valence-electron chi connectivity index (χ4n) is 1.59. The van der Waals surface area contributed by atoms with Gasteiger partial charge in [0.25, 0.3) is 0 Å². The summed E-state index contributed by atoms with van der Waals surface area (Å²) < 4.78 is 6.85. The third-order valence-corrected chi connectivity index (χ3v) is 4.26. The van der Waals surface area contributed by atoms with Crippen LogP contribution in [0.5, 0.6) is 5.75 Å². The molecule has 1 aromatic heterocycles. The molecule has 0 aliphatic heterocycles. The third-order valence-electron chi connectivity index (χ3n) is 2.54. The molecule has 0 bridgehead atoms. The molecule has 0 saturated heterocycles. The minimum Gasteiger partial charge on any atom is -0.484 e. The second kappa shape index (κ2) is 6.18. The number of rotatable bonds is 5. The van der Waals surface area contributed by atoms with Gasteiger partial charge in [0.1, 0.15) is 11.9 Å². The van der Waals surface area contributed by atoms with Crippen LogP contribution >= 0.6 is 27.3 Å². The number of thiophene rings is 1. The second-order valence-electron chi connectivity index (χ2n) is 3.87. The van der Waals surface area contributed by atoms with Crippen molar-refractivity contribution in [3.05, 3.63) is 50.6 Å². The van der Waals surface area contributed by atoms with Gasteiger partial charge in [-0.3, -0.25) is 4.79 Å². The van der Waals surface area contributed by atoms with Gasteiger partial charge in [0, 0.05) is 17.0 Å². The van der Waals surface area contributed by atoms with E-state index in [2.05, 4.69) is 15.9 Å². The molecule has 6 heteroatoms. The van der Waals surface area contributed by atoms with E-state index in [4.69, 9.17) is 16.2 Å². The normalized spacial score (nSPS) is 12.1. The fraction of sp³-hybridized carbons (Fsp3) is 0.154. The molecule has 0 fully saturated rings. The molecule has 0 aliphatic rings. The number of amides is 1. The Bertz CT molecular complexity index is 568. The zero-order chi connectivity index (χ0) is 13.8. The van der Waals surface area contributed by atoms with E-state index in [-0.39, 0.29) is 6.10 Å². The predicted molar refractivity (Wildman–Crippen MR) is 79.4 cm³/mol. The Morgan fingerprint density at radius 2 is 1.95 bits per heavy atom. The lowest BCUT2D eigenvalue weighted by molar-refractivity contribution is 0.1000. The number of hydrogen-bond acceptors (Lipinski definition) is 4. The number of halogens is 1. The Morgan fingerprint density at radius 1 is 1.26 bits per heavy atom. The topological polar surface area (TPSA) is 78.3 Å². The molecular weight excluding hydrogens is 328 g/mol. The van der Waals surface area contributed by atoms with Crippen LogP contribution in [0.15, 0.2) is 40.2 Å². The maximum atomic E-state index is 11.0. The zero-order valence-electron chi connectivity index (χ0n) is 10.0. The highest BCUT2D eigenvalue weighted by Gasteiger charge is 2.14. The van der Waals surface area contributed by atoms with Crippen molar-refractivity contribution in [2.75, 3.05) is 6.54 Å². The van der Waals surface area contributed by atoms with Crippen molar-refractivity contribution in [3.8, 4) is 5.75 Å². The number of primary amides is 1. The van der Waals surface area contributed by atoms with Crippen molar-refractivity contribution < 1.29 is 9.53 Å². The summed E-state index contributed by atoms with van der Waals surface area (Å²) in [6.07, 6.45) is -0.198. The zero-order valence-corrected chi connectivity index (χ0v) is 12.4. The molecule has 4 nitrogen and oxygen atoms in total. The Kier molecular flexibility index (Phi) is 4.57. The second-order valence-corrected chi connectivity index (χ2v) is 6.37. The van der Waals surface area contributed by atoms with Gasteiger partial charge in [-0.25, -0.2) is 0 Å². The maximum absolute atomic E-state index is 11.0. The van der Waals surface area contributed by atoms with Gasteiger partial charge >= 0.3 is 0 Å². The van der Waals surface area contributed by atoms with E-state index in [9.17, 15) is 4.79 Å². The third kappa shape index (κ3) is 3.56. The number of hydrogen-bond donors (Lipinski definition) is 2. The number of nitrogens with two attached hydrogens (primary N) is 2. The van der Waals surface area contributed by atoms with Gasteiger partial charge in [0.2, 0.25) is 5.91 Å². The molecule has 2 aromatic rings. The molecule has 1 amide bonds. The highest BCUT2D eigenvalue weighted by atomic mass is 79.9. The van der Waals surface area contributed by atoms with Crippen molar-refractivity contribution in [2.24, 2.45) is 11.5 Å². The average molecular weight is 341 g/mol. The lowest BCUT2D eigenvalue weighted by Gasteiger charge is -2.16.